The third-order valence-electron chi connectivity index (χ3n) is 3.92. The van der Waals surface area contributed by atoms with Gasteiger partial charge in [-0.1, -0.05) is 12.1 Å². The molecule has 0 spiro atoms. The molecule has 3 rings (SSSR count). The van der Waals surface area contributed by atoms with Crippen molar-refractivity contribution in [3.05, 3.63) is 71.2 Å². The lowest BCUT2D eigenvalue weighted by molar-refractivity contribution is 0.0950. The normalized spacial score (nSPS) is 11.5. The van der Waals surface area contributed by atoms with Gasteiger partial charge in [0.25, 0.3) is 5.91 Å². The van der Waals surface area contributed by atoms with Crippen molar-refractivity contribution in [2.75, 3.05) is 0 Å². The molecule has 0 aliphatic rings. The van der Waals surface area contributed by atoms with Crippen LogP contribution in [0.5, 0.6) is 0 Å². The zero-order chi connectivity index (χ0) is 18.9. The minimum atomic E-state index is -3.75. The smallest absolute Gasteiger partial charge is 0.253 e. The standard InChI is InChI=1S/C18H16FN3O3S/c1-11-16(8-13-4-5-14(19)9-17(13)22-11)18(23)21-10-12-2-6-15(7-3-12)26(20,24)25/h2-9H,10H2,1H3,(H,21,23)(H2,20,24,25). The molecule has 3 N–H and O–H groups in total. The predicted octanol–water partition coefficient (Wildman–Crippen LogP) is 2.26. The van der Waals surface area contributed by atoms with E-state index in [9.17, 15) is 17.6 Å². The van der Waals surface area contributed by atoms with Crippen LogP contribution in [0.1, 0.15) is 21.6 Å². The van der Waals surface area contributed by atoms with Crippen LogP contribution >= 0.6 is 0 Å². The minimum Gasteiger partial charge on any atom is -0.348 e. The van der Waals surface area contributed by atoms with Crippen molar-refractivity contribution in [2.24, 2.45) is 5.14 Å². The van der Waals surface area contributed by atoms with Gasteiger partial charge in [-0.25, -0.2) is 17.9 Å². The third kappa shape index (κ3) is 3.87. The number of rotatable bonds is 4. The number of carbonyl (C=O) groups excluding carboxylic acids is 1. The molecule has 0 atom stereocenters. The molecule has 26 heavy (non-hydrogen) atoms. The molecule has 1 amide bonds. The Bertz CT molecular complexity index is 1100. The molecule has 134 valence electrons. The van der Waals surface area contributed by atoms with Crippen LogP contribution in [0.25, 0.3) is 10.9 Å². The summed E-state index contributed by atoms with van der Waals surface area (Å²) in [5.74, 6) is -0.707. The number of carbonyl (C=O) groups is 1. The second-order valence-electron chi connectivity index (χ2n) is 5.83. The fraction of sp³-hybridized carbons (Fsp3) is 0.111. The summed E-state index contributed by atoms with van der Waals surface area (Å²) in [5.41, 5.74) is 2.09. The second kappa shape index (κ2) is 6.81. The molecule has 0 unspecified atom stereocenters. The largest absolute Gasteiger partial charge is 0.348 e. The minimum absolute atomic E-state index is 0.00869. The van der Waals surface area contributed by atoms with Crippen molar-refractivity contribution in [1.82, 2.24) is 10.3 Å². The number of pyridine rings is 1. The Balaban J connectivity index is 1.77. The van der Waals surface area contributed by atoms with Gasteiger partial charge < -0.3 is 5.32 Å². The molecule has 0 radical (unpaired) electrons. The summed E-state index contributed by atoms with van der Waals surface area (Å²) >= 11 is 0. The highest BCUT2D eigenvalue weighted by molar-refractivity contribution is 7.89. The number of aromatic nitrogens is 1. The lowest BCUT2D eigenvalue weighted by Gasteiger charge is -2.09. The van der Waals surface area contributed by atoms with E-state index in [2.05, 4.69) is 10.3 Å². The Morgan fingerprint density at radius 1 is 1.15 bits per heavy atom. The number of benzene rings is 2. The maximum Gasteiger partial charge on any atom is 0.253 e. The van der Waals surface area contributed by atoms with Gasteiger partial charge in [-0.2, -0.15) is 0 Å². The third-order valence-corrected chi connectivity index (χ3v) is 4.85. The quantitative estimate of drug-likeness (QED) is 0.732. The van der Waals surface area contributed by atoms with E-state index in [0.717, 1.165) is 5.56 Å². The van der Waals surface area contributed by atoms with E-state index in [0.29, 0.717) is 22.2 Å². The molecule has 0 fully saturated rings. The summed E-state index contributed by atoms with van der Waals surface area (Å²) in [6.07, 6.45) is 0. The highest BCUT2D eigenvalue weighted by Gasteiger charge is 2.12. The van der Waals surface area contributed by atoms with Gasteiger partial charge in [0.2, 0.25) is 10.0 Å². The van der Waals surface area contributed by atoms with Gasteiger partial charge in [0.15, 0.2) is 0 Å². The number of hydrogen-bond acceptors (Lipinski definition) is 4. The maximum atomic E-state index is 13.3. The van der Waals surface area contributed by atoms with E-state index in [1.165, 1.54) is 24.3 Å². The molecule has 6 nitrogen and oxygen atoms in total. The van der Waals surface area contributed by atoms with Crippen LogP contribution in [0.2, 0.25) is 0 Å². The molecular formula is C18H16FN3O3S. The molecule has 3 aromatic rings. The number of nitrogens with zero attached hydrogens (tertiary/aromatic N) is 1. The lowest BCUT2D eigenvalue weighted by Crippen LogP contribution is -2.24. The first-order chi connectivity index (χ1) is 12.2. The molecule has 0 aliphatic carbocycles. The average Bonchev–Trinajstić information content (AvgIpc) is 2.58. The average molecular weight is 373 g/mol. The van der Waals surface area contributed by atoms with Crippen LogP contribution in [-0.2, 0) is 16.6 Å². The Morgan fingerprint density at radius 2 is 1.85 bits per heavy atom. The molecule has 2 aromatic carbocycles. The first-order valence-corrected chi connectivity index (χ1v) is 9.25. The Hall–Kier alpha value is -2.84. The number of hydrogen-bond donors (Lipinski definition) is 2. The van der Waals surface area contributed by atoms with Gasteiger partial charge in [-0.3, -0.25) is 9.78 Å². The van der Waals surface area contributed by atoms with Crippen molar-refractivity contribution in [1.29, 1.82) is 0 Å². The zero-order valence-electron chi connectivity index (χ0n) is 13.9. The van der Waals surface area contributed by atoms with Gasteiger partial charge in [-0.05, 0) is 42.8 Å². The van der Waals surface area contributed by atoms with E-state index in [1.54, 1.807) is 31.2 Å². The summed E-state index contributed by atoms with van der Waals surface area (Å²) in [6.45, 7) is 1.89. The number of nitrogens with one attached hydrogen (secondary N) is 1. The monoisotopic (exact) mass is 373 g/mol. The number of halogens is 1. The molecule has 8 heteroatoms. The van der Waals surface area contributed by atoms with Gasteiger partial charge in [0, 0.05) is 18.0 Å². The number of primary sulfonamides is 1. The summed E-state index contributed by atoms with van der Waals surface area (Å²) in [5, 5.41) is 8.47. The second-order valence-corrected chi connectivity index (χ2v) is 7.39. The molecule has 0 saturated carbocycles. The summed E-state index contributed by atoms with van der Waals surface area (Å²) in [7, 11) is -3.75. The highest BCUT2D eigenvalue weighted by atomic mass is 32.2. The van der Waals surface area contributed by atoms with Crippen molar-refractivity contribution in [3.63, 3.8) is 0 Å². The van der Waals surface area contributed by atoms with Crippen LogP contribution in [0.15, 0.2) is 53.4 Å². The zero-order valence-corrected chi connectivity index (χ0v) is 14.7. The Kier molecular flexibility index (Phi) is 4.71. The van der Waals surface area contributed by atoms with Crippen LogP contribution in [0.3, 0.4) is 0 Å². The Morgan fingerprint density at radius 3 is 2.50 bits per heavy atom. The molecule has 1 aromatic heterocycles. The lowest BCUT2D eigenvalue weighted by atomic mass is 10.1. The van der Waals surface area contributed by atoms with Crippen LogP contribution in [0.4, 0.5) is 4.39 Å². The first kappa shape index (κ1) is 18.0. The summed E-state index contributed by atoms with van der Waals surface area (Å²) in [6, 6.07) is 11.8. The molecule has 1 heterocycles. The SMILES string of the molecule is Cc1nc2cc(F)ccc2cc1C(=O)NCc1ccc(S(N)(=O)=O)cc1. The van der Waals surface area contributed by atoms with E-state index in [1.807, 2.05) is 0 Å². The van der Waals surface area contributed by atoms with Gasteiger partial charge >= 0.3 is 0 Å². The van der Waals surface area contributed by atoms with Crippen LogP contribution in [-0.4, -0.2) is 19.3 Å². The number of aryl methyl sites for hydroxylation is 1. The van der Waals surface area contributed by atoms with Crippen LogP contribution < -0.4 is 10.5 Å². The van der Waals surface area contributed by atoms with Crippen LogP contribution in [0, 0.1) is 12.7 Å². The number of fused-ring (bicyclic) bond motifs is 1. The number of amides is 1. The van der Waals surface area contributed by atoms with E-state index < -0.39 is 10.0 Å². The van der Waals surface area contributed by atoms with Gasteiger partial charge in [-0.15, -0.1) is 0 Å². The highest BCUT2D eigenvalue weighted by Crippen LogP contribution is 2.18. The van der Waals surface area contributed by atoms with Crippen molar-refractivity contribution < 1.29 is 17.6 Å². The number of sulfonamides is 1. The fourth-order valence-corrected chi connectivity index (χ4v) is 3.06. The summed E-state index contributed by atoms with van der Waals surface area (Å²) < 4.78 is 35.8. The maximum absolute atomic E-state index is 13.3. The van der Waals surface area contributed by atoms with Crippen molar-refractivity contribution >= 4 is 26.8 Å². The van der Waals surface area contributed by atoms with Gasteiger partial charge in [0.05, 0.1) is 21.7 Å². The number of nitrogens with two attached hydrogens (primary N) is 1. The molecule has 0 aliphatic heterocycles. The van der Waals surface area contributed by atoms with E-state index in [4.69, 9.17) is 5.14 Å². The summed E-state index contributed by atoms with van der Waals surface area (Å²) in [4.78, 5) is 16.7. The Labute approximate surface area is 149 Å². The van der Waals surface area contributed by atoms with Crippen molar-refractivity contribution in [3.8, 4) is 0 Å². The predicted molar refractivity (Wildman–Crippen MR) is 95.4 cm³/mol. The van der Waals surface area contributed by atoms with E-state index >= 15 is 0 Å². The molecular weight excluding hydrogens is 357 g/mol. The molecule has 0 saturated heterocycles. The van der Waals surface area contributed by atoms with E-state index in [-0.39, 0.29) is 23.2 Å². The van der Waals surface area contributed by atoms with Gasteiger partial charge in [0.1, 0.15) is 5.82 Å². The topological polar surface area (TPSA) is 102 Å². The fourth-order valence-electron chi connectivity index (χ4n) is 2.54. The first-order valence-electron chi connectivity index (χ1n) is 7.71. The van der Waals surface area contributed by atoms with Crippen molar-refractivity contribution in [2.45, 2.75) is 18.4 Å². The molecule has 0 bridgehead atoms.